The fourth-order valence-electron chi connectivity index (χ4n) is 3.57. The summed E-state index contributed by atoms with van der Waals surface area (Å²) in [7, 11) is 0. The maximum atomic E-state index is 13.8. The molecular formula is C20H23FN4O3. The van der Waals surface area contributed by atoms with Crippen molar-refractivity contribution in [3.63, 3.8) is 0 Å². The van der Waals surface area contributed by atoms with E-state index >= 15 is 0 Å². The van der Waals surface area contributed by atoms with Crippen LogP contribution in [0, 0.1) is 12.7 Å². The van der Waals surface area contributed by atoms with Crippen LogP contribution >= 0.6 is 0 Å². The zero-order chi connectivity index (χ0) is 19.6. The van der Waals surface area contributed by atoms with Crippen molar-refractivity contribution < 1.29 is 18.7 Å². The standard InChI is InChI=1S/C20H23FN4O3/c1-14-12-17(18(26)25-8-6-20(7-9-25)27-10-11-28-20)24-19(23-14)22-13-15-4-2-3-5-16(15)21/h2-5,12H,6-11,13H2,1H3,(H,22,23,24). The molecule has 0 radical (unpaired) electrons. The second-order valence-electron chi connectivity index (χ2n) is 7.06. The van der Waals surface area contributed by atoms with Gasteiger partial charge in [-0.05, 0) is 19.1 Å². The van der Waals surface area contributed by atoms with Crippen LogP contribution in [-0.2, 0) is 16.0 Å². The number of benzene rings is 1. The van der Waals surface area contributed by atoms with Gasteiger partial charge in [-0.25, -0.2) is 14.4 Å². The zero-order valence-corrected chi connectivity index (χ0v) is 15.8. The van der Waals surface area contributed by atoms with Gasteiger partial charge in [-0.3, -0.25) is 4.79 Å². The van der Waals surface area contributed by atoms with Gasteiger partial charge in [-0.15, -0.1) is 0 Å². The summed E-state index contributed by atoms with van der Waals surface area (Å²) in [5.74, 6) is -0.655. The maximum absolute atomic E-state index is 13.8. The van der Waals surface area contributed by atoms with E-state index in [2.05, 4.69) is 15.3 Å². The monoisotopic (exact) mass is 386 g/mol. The average Bonchev–Trinajstić information content (AvgIpc) is 3.15. The highest BCUT2D eigenvalue weighted by atomic mass is 19.1. The van der Waals surface area contributed by atoms with E-state index < -0.39 is 5.79 Å². The number of nitrogens with zero attached hydrogens (tertiary/aromatic N) is 3. The largest absolute Gasteiger partial charge is 0.350 e. The lowest BCUT2D eigenvalue weighted by Crippen LogP contribution is -2.47. The van der Waals surface area contributed by atoms with E-state index in [0.29, 0.717) is 62.0 Å². The third kappa shape index (κ3) is 3.98. The Morgan fingerprint density at radius 2 is 1.93 bits per heavy atom. The van der Waals surface area contributed by atoms with Crippen LogP contribution in [0.2, 0.25) is 0 Å². The fourth-order valence-corrected chi connectivity index (χ4v) is 3.57. The Hall–Kier alpha value is -2.58. The lowest BCUT2D eigenvalue weighted by Gasteiger charge is -2.37. The van der Waals surface area contributed by atoms with Crippen LogP contribution in [0.5, 0.6) is 0 Å². The highest BCUT2D eigenvalue weighted by Crippen LogP contribution is 2.31. The number of piperidine rings is 1. The smallest absolute Gasteiger partial charge is 0.272 e. The minimum atomic E-state index is -0.523. The summed E-state index contributed by atoms with van der Waals surface area (Å²) >= 11 is 0. The summed E-state index contributed by atoms with van der Waals surface area (Å²) in [6.07, 6.45) is 1.31. The van der Waals surface area contributed by atoms with Crippen LogP contribution in [0.25, 0.3) is 0 Å². The maximum Gasteiger partial charge on any atom is 0.272 e. The van der Waals surface area contributed by atoms with Crippen LogP contribution in [-0.4, -0.2) is 52.9 Å². The molecule has 2 saturated heterocycles. The lowest BCUT2D eigenvalue weighted by molar-refractivity contribution is -0.181. The number of hydrogen-bond acceptors (Lipinski definition) is 6. The lowest BCUT2D eigenvalue weighted by atomic mass is 10.0. The predicted octanol–water partition coefficient (Wildman–Crippen LogP) is 2.52. The Kier molecular flexibility index (Phi) is 5.23. The number of carbonyl (C=O) groups excluding carboxylic acids is 1. The van der Waals surface area contributed by atoms with E-state index in [9.17, 15) is 9.18 Å². The summed E-state index contributed by atoms with van der Waals surface area (Å²) in [6.45, 7) is 4.37. The van der Waals surface area contributed by atoms with Crippen molar-refractivity contribution in [2.45, 2.75) is 32.1 Å². The van der Waals surface area contributed by atoms with E-state index in [1.807, 2.05) is 0 Å². The van der Waals surface area contributed by atoms with Crippen molar-refractivity contribution in [1.82, 2.24) is 14.9 Å². The molecule has 2 aliphatic rings. The molecule has 1 aromatic heterocycles. The first-order valence-electron chi connectivity index (χ1n) is 9.45. The van der Waals surface area contributed by atoms with Crippen molar-refractivity contribution in [3.8, 4) is 0 Å². The predicted molar refractivity (Wildman–Crippen MR) is 100 cm³/mol. The third-order valence-corrected chi connectivity index (χ3v) is 5.09. The first kappa shape index (κ1) is 18.8. The Balaban J connectivity index is 1.43. The second-order valence-corrected chi connectivity index (χ2v) is 7.06. The zero-order valence-electron chi connectivity index (χ0n) is 15.8. The van der Waals surface area contributed by atoms with Crippen LogP contribution < -0.4 is 5.32 Å². The molecule has 28 heavy (non-hydrogen) atoms. The van der Waals surface area contributed by atoms with E-state index in [0.717, 1.165) is 0 Å². The Morgan fingerprint density at radius 1 is 1.21 bits per heavy atom. The van der Waals surface area contributed by atoms with Gasteiger partial charge < -0.3 is 19.7 Å². The molecule has 1 N–H and O–H groups in total. The van der Waals surface area contributed by atoms with Gasteiger partial charge in [0, 0.05) is 43.7 Å². The van der Waals surface area contributed by atoms with Gasteiger partial charge in [0.1, 0.15) is 11.5 Å². The molecule has 7 nitrogen and oxygen atoms in total. The van der Waals surface area contributed by atoms with Gasteiger partial charge in [0.2, 0.25) is 5.95 Å². The molecule has 1 spiro atoms. The third-order valence-electron chi connectivity index (χ3n) is 5.09. The topological polar surface area (TPSA) is 76.6 Å². The number of aryl methyl sites for hydroxylation is 1. The van der Waals surface area contributed by atoms with Gasteiger partial charge in [-0.1, -0.05) is 18.2 Å². The SMILES string of the molecule is Cc1cc(C(=O)N2CCC3(CC2)OCCO3)nc(NCc2ccccc2F)n1. The molecule has 0 bridgehead atoms. The van der Waals surface area contributed by atoms with Crippen LogP contribution in [0.15, 0.2) is 30.3 Å². The number of rotatable bonds is 4. The summed E-state index contributed by atoms with van der Waals surface area (Å²) in [4.78, 5) is 23.3. The van der Waals surface area contributed by atoms with Crippen LogP contribution in [0.4, 0.5) is 10.3 Å². The number of nitrogens with one attached hydrogen (secondary N) is 1. The Bertz CT molecular complexity index is 860. The minimum absolute atomic E-state index is 0.146. The number of halogens is 1. The van der Waals surface area contributed by atoms with E-state index in [1.165, 1.54) is 6.07 Å². The molecule has 1 amide bonds. The Labute approximate surface area is 162 Å². The first-order chi connectivity index (χ1) is 13.5. The van der Waals surface area contributed by atoms with Gasteiger partial charge in [0.25, 0.3) is 5.91 Å². The van der Waals surface area contributed by atoms with Crippen molar-refractivity contribution in [1.29, 1.82) is 0 Å². The number of anilines is 1. The van der Waals surface area contributed by atoms with E-state index in [4.69, 9.17) is 9.47 Å². The summed E-state index contributed by atoms with van der Waals surface area (Å²) < 4.78 is 25.2. The molecule has 0 atom stereocenters. The fraction of sp³-hybridized carbons (Fsp3) is 0.450. The highest BCUT2D eigenvalue weighted by Gasteiger charge is 2.41. The van der Waals surface area contributed by atoms with Gasteiger partial charge in [0.15, 0.2) is 5.79 Å². The van der Waals surface area contributed by atoms with Crippen LogP contribution in [0.1, 0.15) is 34.6 Å². The molecule has 1 aromatic carbocycles. The van der Waals surface area contributed by atoms with Gasteiger partial charge in [-0.2, -0.15) is 0 Å². The molecule has 2 aromatic rings. The Morgan fingerprint density at radius 3 is 2.64 bits per heavy atom. The molecule has 0 saturated carbocycles. The molecular weight excluding hydrogens is 363 g/mol. The molecule has 0 unspecified atom stereocenters. The van der Waals surface area contributed by atoms with Crippen molar-refractivity contribution >= 4 is 11.9 Å². The number of carbonyl (C=O) groups is 1. The number of ether oxygens (including phenoxy) is 2. The summed E-state index contributed by atoms with van der Waals surface area (Å²) in [5, 5.41) is 3.01. The van der Waals surface area contributed by atoms with Crippen molar-refractivity contribution in [2.24, 2.45) is 0 Å². The normalized spacial score (nSPS) is 18.4. The van der Waals surface area contributed by atoms with E-state index in [1.54, 1.807) is 36.1 Å². The number of aromatic nitrogens is 2. The summed E-state index contributed by atoms with van der Waals surface area (Å²) in [6, 6.07) is 8.19. The molecule has 3 heterocycles. The molecule has 8 heteroatoms. The van der Waals surface area contributed by atoms with Gasteiger partial charge in [0.05, 0.1) is 13.2 Å². The molecule has 0 aliphatic carbocycles. The molecule has 4 rings (SSSR count). The van der Waals surface area contributed by atoms with Crippen molar-refractivity contribution in [2.75, 3.05) is 31.6 Å². The van der Waals surface area contributed by atoms with Crippen LogP contribution in [0.3, 0.4) is 0 Å². The number of hydrogen-bond donors (Lipinski definition) is 1. The molecule has 148 valence electrons. The molecule has 2 aliphatic heterocycles. The first-order valence-corrected chi connectivity index (χ1v) is 9.45. The average molecular weight is 386 g/mol. The highest BCUT2D eigenvalue weighted by molar-refractivity contribution is 5.92. The quantitative estimate of drug-likeness (QED) is 0.870. The molecule has 2 fully saturated rings. The minimum Gasteiger partial charge on any atom is -0.350 e. The summed E-state index contributed by atoms with van der Waals surface area (Å²) in [5.41, 5.74) is 1.51. The van der Waals surface area contributed by atoms with Gasteiger partial charge >= 0.3 is 0 Å². The number of amides is 1. The van der Waals surface area contributed by atoms with Crippen molar-refractivity contribution in [3.05, 3.63) is 53.1 Å². The second kappa shape index (κ2) is 7.81. The number of likely N-dealkylation sites (tertiary alicyclic amines) is 1. The van der Waals surface area contributed by atoms with E-state index in [-0.39, 0.29) is 18.3 Å².